The number of anilines is 3. The Morgan fingerprint density at radius 2 is 1.95 bits per heavy atom. The maximum Gasteiger partial charge on any atom is 0.287 e. The van der Waals surface area contributed by atoms with E-state index in [1.54, 1.807) is 12.1 Å². The number of H-pyrrole nitrogens is 1. The van der Waals surface area contributed by atoms with Crippen LogP contribution in [0.3, 0.4) is 0 Å². The molecule has 0 spiro atoms. The maximum absolute atomic E-state index is 14.6. The van der Waals surface area contributed by atoms with E-state index >= 15 is 0 Å². The molecule has 0 aliphatic carbocycles. The number of aromatic nitrogens is 5. The Bertz CT molecular complexity index is 1530. The summed E-state index contributed by atoms with van der Waals surface area (Å²) in [5, 5.41) is 16.9. The minimum atomic E-state index is -0.558. The highest BCUT2D eigenvalue weighted by Gasteiger charge is 2.18. The molecule has 1 aromatic carbocycles. The fourth-order valence-electron chi connectivity index (χ4n) is 4.90. The quantitative estimate of drug-likeness (QED) is 0.386. The molecule has 3 aromatic heterocycles. The molecular formula is C26H27FN8O2. The smallest absolute Gasteiger partial charge is 0.287 e. The monoisotopic (exact) mass is 502 g/mol. The van der Waals surface area contributed by atoms with Crippen LogP contribution in [0.5, 0.6) is 0 Å². The number of carbonyl (C=O) groups excluding carboxylic acids is 1. The van der Waals surface area contributed by atoms with Gasteiger partial charge in [-0.3, -0.25) is 19.2 Å². The van der Waals surface area contributed by atoms with Crippen LogP contribution >= 0.6 is 0 Å². The van der Waals surface area contributed by atoms with Crippen molar-refractivity contribution in [1.82, 2.24) is 29.4 Å². The minimum Gasteiger partial charge on any atom is -0.351 e. The molecule has 11 heteroatoms. The number of rotatable bonds is 5. The lowest BCUT2D eigenvalue weighted by atomic mass is 10.1. The Morgan fingerprint density at radius 1 is 1.05 bits per heavy atom. The molecule has 0 unspecified atom stereocenters. The Hall–Kier alpha value is -4.25. The van der Waals surface area contributed by atoms with Gasteiger partial charge in [0, 0.05) is 43.2 Å². The van der Waals surface area contributed by atoms with E-state index in [1.165, 1.54) is 12.1 Å². The van der Waals surface area contributed by atoms with E-state index in [-0.39, 0.29) is 17.3 Å². The lowest BCUT2D eigenvalue weighted by Gasteiger charge is -2.22. The average molecular weight is 503 g/mol. The molecule has 3 N–H and O–H groups in total. The van der Waals surface area contributed by atoms with Crippen LogP contribution < -0.4 is 16.2 Å². The summed E-state index contributed by atoms with van der Waals surface area (Å²) >= 11 is 0. The van der Waals surface area contributed by atoms with Gasteiger partial charge in [0.2, 0.25) is 0 Å². The molecule has 190 valence electrons. The molecule has 0 bridgehead atoms. The van der Waals surface area contributed by atoms with E-state index in [2.05, 4.69) is 42.4 Å². The van der Waals surface area contributed by atoms with Crippen LogP contribution in [0.4, 0.5) is 21.6 Å². The van der Waals surface area contributed by atoms with E-state index in [0.29, 0.717) is 22.6 Å². The molecule has 2 aliphatic rings. The third kappa shape index (κ3) is 4.65. The van der Waals surface area contributed by atoms with Gasteiger partial charge in [0.15, 0.2) is 5.82 Å². The number of fused-ring (bicyclic) bond motifs is 2. The van der Waals surface area contributed by atoms with Crippen LogP contribution in [-0.4, -0.2) is 48.9 Å². The Kier molecular flexibility index (Phi) is 5.84. The summed E-state index contributed by atoms with van der Waals surface area (Å²) in [5.41, 5.74) is 3.55. The highest BCUT2D eigenvalue weighted by Crippen LogP contribution is 2.26. The highest BCUT2D eigenvalue weighted by molar-refractivity contribution is 6.04. The van der Waals surface area contributed by atoms with Gasteiger partial charge >= 0.3 is 0 Å². The predicted molar refractivity (Wildman–Crippen MR) is 137 cm³/mol. The van der Waals surface area contributed by atoms with Crippen molar-refractivity contribution in [2.24, 2.45) is 0 Å². The third-order valence-corrected chi connectivity index (χ3v) is 6.90. The normalized spacial score (nSPS) is 15.2. The first kappa shape index (κ1) is 23.2. The average Bonchev–Trinajstić information content (AvgIpc) is 3.50. The minimum absolute atomic E-state index is 0.0417. The second kappa shape index (κ2) is 9.32. The summed E-state index contributed by atoms with van der Waals surface area (Å²) in [6.45, 7) is 3.36. The summed E-state index contributed by atoms with van der Waals surface area (Å²) in [5.74, 6) is -0.364. The number of nitrogens with zero attached hydrogens (tertiary/aromatic N) is 5. The van der Waals surface area contributed by atoms with Crippen molar-refractivity contribution in [3.8, 4) is 11.3 Å². The van der Waals surface area contributed by atoms with Crippen molar-refractivity contribution >= 4 is 23.1 Å². The lowest BCUT2D eigenvalue weighted by Crippen LogP contribution is -2.30. The molecule has 2 aliphatic heterocycles. The van der Waals surface area contributed by atoms with Crippen LogP contribution in [0, 0.1) is 5.82 Å². The summed E-state index contributed by atoms with van der Waals surface area (Å²) in [4.78, 5) is 27.5. The van der Waals surface area contributed by atoms with Gasteiger partial charge in [0.05, 0.1) is 29.2 Å². The number of amides is 1. The van der Waals surface area contributed by atoms with Crippen molar-refractivity contribution in [3.05, 3.63) is 75.7 Å². The van der Waals surface area contributed by atoms with E-state index in [4.69, 9.17) is 0 Å². The first-order chi connectivity index (χ1) is 17.9. The Labute approximate surface area is 212 Å². The zero-order valence-electron chi connectivity index (χ0n) is 20.4. The van der Waals surface area contributed by atoms with Gasteiger partial charge in [-0.25, -0.2) is 9.49 Å². The first-order valence-electron chi connectivity index (χ1n) is 12.4. The summed E-state index contributed by atoms with van der Waals surface area (Å²) < 4.78 is 18.6. The van der Waals surface area contributed by atoms with Gasteiger partial charge in [-0.2, -0.15) is 10.2 Å². The van der Waals surface area contributed by atoms with Crippen molar-refractivity contribution in [2.45, 2.75) is 38.9 Å². The second-order valence-corrected chi connectivity index (χ2v) is 9.62. The molecule has 6 rings (SSSR count). The van der Waals surface area contributed by atoms with E-state index in [9.17, 15) is 14.0 Å². The SMILES string of the molecule is CN1CCn2nc(Nc3cc(-c4ccc(F)c(NC(=O)c5cc6n(c5)CCCC6)c4)n[nH]c3=O)cc2C1. The van der Waals surface area contributed by atoms with Crippen molar-refractivity contribution < 1.29 is 9.18 Å². The first-order valence-corrected chi connectivity index (χ1v) is 12.4. The largest absolute Gasteiger partial charge is 0.351 e. The number of carbonyl (C=O) groups is 1. The van der Waals surface area contributed by atoms with Gasteiger partial charge in [0.25, 0.3) is 11.5 Å². The van der Waals surface area contributed by atoms with Crippen LogP contribution in [0.15, 0.2) is 47.4 Å². The summed E-state index contributed by atoms with van der Waals surface area (Å²) in [7, 11) is 2.05. The number of aromatic amines is 1. The van der Waals surface area contributed by atoms with Crippen molar-refractivity contribution in [2.75, 3.05) is 24.2 Å². The fraction of sp³-hybridized carbons (Fsp3) is 0.308. The molecule has 37 heavy (non-hydrogen) atoms. The standard InChI is InChI=1S/C26H27FN8O2/c1-33-8-9-35-19(15-33)12-24(32-35)28-23-13-21(30-31-26(23)37)16-5-6-20(27)22(11-16)29-25(36)17-10-18-4-2-3-7-34(18)14-17/h5-6,10-14H,2-4,7-9,15H2,1H3,(H,29,36)(H,31,37)(H,28,30,32). The topological polar surface area (TPSA) is 113 Å². The molecule has 1 amide bonds. The number of benzene rings is 1. The lowest BCUT2D eigenvalue weighted by molar-refractivity contribution is 0.102. The van der Waals surface area contributed by atoms with E-state index in [0.717, 1.165) is 56.8 Å². The van der Waals surface area contributed by atoms with Crippen molar-refractivity contribution in [3.63, 3.8) is 0 Å². The van der Waals surface area contributed by atoms with Crippen molar-refractivity contribution in [1.29, 1.82) is 0 Å². The van der Waals surface area contributed by atoms with E-state index in [1.807, 2.05) is 23.0 Å². The maximum atomic E-state index is 14.6. The molecule has 0 fully saturated rings. The van der Waals surface area contributed by atoms with Gasteiger partial charge < -0.3 is 15.2 Å². The Morgan fingerprint density at radius 3 is 2.81 bits per heavy atom. The molecule has 0 atom stereocenters. The number of nitrogens with one attached hydrogen (secondary N) is 3. The number of hydrogen-bond donors (Lipinski definition) is 3. The zero-order chi connectivity index (χ0) is 25.5. The number of aryl methyl sites for hydroxylation is 2. The molecule has 0 radical (unpaired) electrons. The van der Waals surface area contributed by atoms with E-state index < -0.39 is 11.4 Å². The van der Waals surface area contributed by atoms with Crippen LogP contribution in [0.25, 0.3) is 11.3 Å². The van der Waals surface area contributed by atoms with Gasteiger partial charge in [-0.15, -0.1) is 0 Å². The Balaban J connectivity index is 1.24. The molecule has 0 saturated carbocycles. The predicted octanol–water partition coefficient (Wildman–Crippen LogP) is 3.35. The zero-order valence-corrected chi connectivity index (χ0v) is 20.4. The third-order valence-electron chi connectivity index (χ3n) is 6.90. The molecular weight excluding hydrogens is 475 g/mol. The molecule has 10 nitrogen and oxygen atoms in total. The summed E-state index contributed by atoms with van der Waals surface area (Å²) in [6, 6.07) is 9.71. The van der Waals surface area contributed by atoms with Crippen LogP contribution in [0.1, 0.15) is 34.6 Å². The molecule has 5 heterocycles. The molecule has 0 saturated heterocycles. The molecule has 4 aromatic rings. The van der Waals surface area contributed by atoms with Gasteiger partial charge in [-0.1, -0.05) is 0 Å². The fourth-order valence-corrected chi connectivity index (χ4v) is 4.90. The van der Waals surface area contributed by atoms with Crippen LogP contribution in [0.2, 0.25) is 0 Å². The van der Waals surface area contributed by atoms with Gasteiger partial charge in [0.1, 0.15) is 11.5 Å². The number of halogens is 1. The highest BCUT2D eigenvalue weighted by atomic mass is 19.1. The van der Waals surface area contributed by atoms with Crippen LogP contribution in [-0.2, 0) is 26.1 Å². The number of likely N-dealkylation sites (N-methyl/N-ethyl adjacent to an activating group) is 1. The second-order valence-electron chi connectivity index (χ2n) is 9.62. The van der Waals surface area contributed by atoms with Gasteiger partial charge in [-0.05, 0) is 56.6 Å². The number of hydrogen-bond acceptors (Lipinski definition) is 6. The summed E-state index contributed by atoms with van der Waals surface area (Å²) in [6.07, 6.45) is 4.94.